The molecule has 0 saturated heterocycles. The number of alkyl halides is 2. The molecule has 0 aliphatic rings. The van der Waals surface area contributed by atoms with Crippen molar-refractivity contribution in [3.05, 3.63) is 59.9 Å². The van der Waals surface area contributed by atoms with Crippen molar-refractivity contribution in [1.82, 2.24) is 0 Å². The minimum Gasteiger partial charge on any atom is -0.493 e. The molecule has 0 spiro atoms. The molecule has 0 heterocycles. The number of hydrogen-bond acceptors (Lipinski definition) is 3. The van der Waals surface area contributed by atoms with Gasteiger partial charge in [-0.2, -0.15) is 8.78 Å². The lowest BCUT2D eigenvalue weighted by atomic mass is 10.1. The molecule has 1 amide bonds. The molecule has 2 aromatic rings. The summed E-state index contributed by atoms with van der Waals surface area (Å²) in [6, 6.07) is 10.2. The van der Waals surface area contributed by atoms with Gasteiger partial charge in [-0.3, -0.25) is 4.79 Å². The zero-order chi connectivity index (χ0) is 17.5. The molecule has 2 aromatic carbocycles. The maximum atomic E-state index is 13.5. The summed E-state index contributed by atoms with van der Waals surface area (Å²) in [5.41, 5.74) is 0.236. The molecule has 24 heavy (non-hydrogen) atoms. The average Bonchev–Trinajstić information content (AvgIpc) is 2.55. The van der Waals surface area contributed by atoms with Gasteiger partial charge < -0.3 is 14.8 Å². The molecule has 0 aromatic heterocycles. The minimum atomic E-state index is -3.04. The van der Waals surface area contributed by atoms with Gasteiger partial charge in [-0.15, -0.1) is 0 Å². The first-order chi connectivity index (χ1) is 11.5. The van der Waals surface area contributed by atoms with E-state index < -0.39 is 18.3 Å². The van der Waals surface area contributed by atoms with Gasteiger partial charge in [0.25, 0.3) is 0 Å². The lowest BCUT2D eigenvalue weighted by Crippen LogP contribution is -2.09. The van der Waals surface area contributed by atoms with E-state index in [-0.39, 0.29) is 22.7 Å². The molecule has 2 rings (SSSR count). The van der Waals surface area contributed by atoms with E-state index in [0.29, 0.717) is 0 Å². The lowest BCUT2D eigenvalue weighted by molar-refractivity contribution is -0.111. The van der Waals surface area contributed by atoms with Gasteiger partial charge >= 0.3 is 6.61 Å². The van der Waals surface area contributed by atoms with Crippen LogP contribution < -0.4 is 14.8 Å². The summed E-state index contributed by atoms with van der Waals surface area (Å²) in [5, 5.41) is 2.35. The Morgan fingerprint density at radius 1 is 1.17 bits per heavy atom. The number of benzene rings is 2. The number of methoxy groups -OCH3 is 1. The highest BCUT2D eigenvalue weighted by Gasteiger charge is 2.14. The third-order valence-electron chi connectivity index (χ3n) is 2.98. The van der Waals surface area contributed by atoms with Gasteiger partial charge in [0.15, 0.2) is 11.5 Å². The van der Waals surface area contributed by atoms with Crippen molar-refractivity contribution < 1.29 is 27.4 Å². The van der Waals surface area contributed by atoms with Crippen molar-refractivity contribution in [2.45, 2.75) is 6.61 Å². The van der Waals surface area contributed by atoms with Gasteiger partial charge in [0.1, 0.15) is 5.82 Å². The number of amides is 1. The number of para-hydroxylation sites is 2. The summed E-state index contributed by atoms with van der Waals surface area (Å²) in [7, 11) is 1.31. The van der Waals surface area contributed by atoms with Crippen LogP contribution in [0, 0.1) is 5.82 Å². The molecule has 0 radical (unpaired) electrons. The van der Waals surface area contributed by atoms with E-state index in [0.717, 1.165) is 6.08 Å². The standard InChI is InChI=1S/C17H14F3NO3/c1-23-14-8-4-5-11(16(14)24-17(19)20)9-10-15(22)21-13-7-3-2-6-12(13)18/h2-10,17H,1H3,(H,21,22)/b10-9+. The molecule has 0 aliphatic carbocycles. The van der Waals surface area contributed by atoms with E-state index in [9.17, 15) is 18.0 Å². The third kappa shape index (κ3) is 4.52. The Balaban J connectivity index is 2.19. The maximum Gasteiger partial charge on any atom is 0.387 e. The third-order valence-corrected chi connectivity index (χ3v) is 2.98. The summed E-state index contributed by atoms with van der Waals surface area (Å²) < 4.78 is 47.9. The number of nitrogens with one attached hydrogen (secondary N) is 1. The SMILES string of the molecule is COc1cccc(/C=C/C(=O)Nc2ccccc2F)c1OC(F)F. The zero-order valence-electron chi connectivity index (χ0n) is 12.6. The second-order valence-electron chi connectivity index (χ2n) is 4.56. The second kappa shape index (κ2) is 8.05. The van der Waals surface area contributed by atoms with Crippen LogP contribution in [0.25, 0.3) is 6.08 Å². The quantitative estimate of drug-likeness (QED) is 0.808. The predicted octanol–water partition coefficient (Wildman–Crippen LogP) is 4.09. The van der Waals surface area contributed by atoms with Gasteiger partial charge in [0.05, 0.1) is 12.8 Å². The van der Waals surface area contributed by atoms with E-state index in [1.807, 2.05) is 0 Å². The Morgan fingerprint density at radius 3 is 2.58 bits per heavy atom. The van der Waals surface area contributed by atoms with Crippen molar-refractivity contribution in [2.24, 2.45) is 0 Å². The summed E-state index contributed by atoms with van der Waals surface area (Å²) in [5.74, 6) is -1.29. The van der Waals surface area contributed by atoms with Crippen LogP contribution in [0.2, 0.25) is 0 Å². The van der Waals surface area contributed by atoms with Crippen LogP contribution in [0.3, 0.4) is 0 Å². The Labute approximate surface area is 136 Å². The molecule has 126 valence electrons. The van der Waals surface area contributed by atoms with E-state index >= 15 is 0 Å². The first-order valence-electron chi connectivity index (χ1n) is 6.86. The molecule has 1 N–H and O–H groups in total. The first-order valence-corrected chi connectivity index (χ1v) is 6.86. The molecule has 0 unspecified atom stereocenters. The lowest BCUT2D eigenvalue weighted by Gasteiger charge is -2.12. The summed E-state index contributed by atoms with van der Waals surface area (Å²) in [6.45, 7) is -3.04. The molecule has 0 aliphatic heterocycles. The summed E-state index contributed by atoms with van der Waals surface area (Å²) in [6.07, 6.45) is 2.36. The number of hydrogen-bond donors (Lipinski definition) is 1. The molecule has 7 heteroatoms. The summed E-state index contributed by atoms with van der Waals surface area (Å²) in [4.78, 5) is 11.8. The van der Waals surface area contributed by atoms with Gasteiger partial charge in [-0.05, 0) is 24.3 Å². The van der Waals surface area contributed by atoms with Gasteiger partial charge in [-0.25, -0.2) is 4.39 Å². The molecule has 0 saturated carbocycles. The van der Waals surface area contributed by atoms with E-state index in [1.165, 1.54) is 43.5 Å². The molecule has 0 bridgehead atoms. The van der Waals surface area contributed by atoms with Gasteiger partial charge in [0, 0.05) is 11.6 Å². The van der Waals surface area contributed by atoms with Crippen LogP contribution in [0.1, 0.15) is 5.56 Å². The van der Waals surface area contributed by atoms with Crippen molar-refractivity contribution >= 4 is 17.7 Å². The highest BCUT2D eigenvalue weighted by atomic mass is 19.3. The Kier molecular flexibility index (Phi) is 5.83. The molecular formula is C17H14F3NO3. The fraction of sp³-hybridized carbons (Fsp3) is 0.118. The number of rotatable bonds is 6. The van der Waals surface area contributed by atoms with Gasteiger partial charge in [-0.1, -0.05) is 24.3 Å². The van der Waals surface area contributed by atoms with Crippen LogP contribution >= 0.6 is 0 Å². The Hall–Kier alpha value is -2.96. The highest BCUT2D eigenvalue weighted by molar-refractivity contribution is 6.02. The van der Waals surface area contributed by atoms with Crippen LogP contribution in [-0.4, -0.2) is 19.6 Å². The Morgan fingerprint density at radius 2 is 1.92 bits per heavy atom. The predicted molar refractivity (Wildman–Crippen MR) is 83.7 cm³/mol. The van der Waals surface area contributed by atoms with Gasteiger partial charge in [0.2, 0.25) is 5.91 Å². The fourth-order valence-corrected chi connectivity index (χ4v) is 1.94. The number of carbonyl (C=O) groups is 1. The molecular weight excluding hydrogens is 323 g/mol. The van der Waals surface area contributed by atoms with Crippen molar-refractivity contribution in [3.63, 3.8) is 0 Å². The largest absolute Gasteiger partial charge is 0.493 e. The second-order valence-corrected chi connectivity index (χ2v) is 4.56. The van der Waals surface area contributed by atoms with Crippen LogP contribution in [0.4, 0.5) is 18.9 Å². The average molecular weight is 337 g/mol. The van der Waals surface area contributed by atoms with Crippen LogP contribution in [0.5, 0.6) is 11.5 Å². The monoisotopic (exact) mass is 337 g/mol. The van der Waals surface area contributed by atoms with Crippen LogP contribution in [-0.2, 0) is 4.79 Å². The number of anilines is 1. The van der Waals surface area contributed by atoms with Crippen molar-refractivity contribution in [1.29, 1.82) is 0 Å². The van der Waals surface area contributed by atoms with Crippen molar-refractivity contribution in [2.75, 3.05) is 12.4 Å². The fourth-order valence-electron chi connectivity index (χ4n) is 1.94. The Bertz CT molecular complexity index is 748. The maximum absolute atomic E-state index is 13.5. The molecule has 4 nitrogen and oxygen atoms in total. The first kappa shape index (κ1) is 17.4. The smallest absolute Gasteiger partial charge is 0.387 e. The topological polar surface area (TPSA) is 47.6 Å². The summed E-state index contributed by atoms with van der Waals surface area (Å²) >= 11 is 0. The number of halogens is 3. The normalized spacial score (nSPS) is 10.9. The van der Waals surface area contributed by atoms with E-state index in [1.54, 1.807) is 12.1 Å². The number of carbonyl (C=O) groups excluding carboxylic acids is 1. The molecule has 0 atom stereocenters. The highest BCUT2D eigenvalue weighted by Crippen LogP contribution is 2.33. The minimum absolute atomic E-state index is 0.0156. The van der Waals surface area contributed by atoms with E-state index in [2.05, 4.69) is 10.1 Å². The number of ether oxygens (including phenoxy) is 2. The van der Waals surface area contributed by atoms with Crippen molar-refractivity contribution in [3.8, 4) is 11.5 Å². The zero-order valence-corrected chi connectivity index (χ0v) is 12.6. The van der Waals surface area contributed by atoms with Crippen LogP contribution in [0.15, 0.2) is 48.5 Å². The van der Waals surface area contributed by atoms with E-state index in [4.69, 9.17) is 4.74 Å². The molecule has 0 fully saturated rings.